The van der Waals surface area contributed by atoms with Gasteiger partial charge in [-0.25, -0.2) is 0 Å². The lowest BCUT2D eigenvalue weighted by atomic mass is 9.99. The summed E-state index contributed by atoms with van der Waals surface area (Å²) in [5.74, 6) is 1.32. The van der Waals surface area contributed by atoms with Gasteiger partial charge in [-0.3, -0.25) is 19.7 Å². The van der Waals surface area contributed by atoms with E-state index in [1.807, 2.05) is 18.2 Å². The van der Waals surface area contributed by atoms with E-state index in [4.69, 9.17) is 23.2 Å². The van der Waals surface area contributed by atoms with Crippen molar-refractivity contribution in [3.8, 4) is 5.69 Å². The fourth-order valence-electron chi connectivity index (χ4n) is 2.96. The van der Waals surface area contributed by atoms with Crippen LogP contribution in [0.25, 0.3) is 5.69 Å². The monoisotopic (exact) mass is 387 g/mol. The Morgan fingerprint density at radius 3 is 2.69 bits per heavy atom. The third-order valence-electron chi connectivity index (χ3n) is 4.11. The Kier molecular flexibility index (Phi) is 4.18. The first kappa shape index (κ1) is 16.7. The highest BCUT2D eigenvalue weighted by Gasteiger charge is 2.25. The van der Waals surface area contributed by atoms with Crippen molar-refractivity contribution in [2.75, 3.05) is 0 Å². The summed E-state index contributed by atoms with van der Waals surface area (Å²) in [6.07, 6.45) is 0. The van der Waals surface area contributed by atoms with Crippen LogP contribution >= 0.6 is 23.2 Å². The summed E-state index contributed by atoms with van der Waals surface area (Å²) in [6, 6.07) is 11.8. The number of aromatic nitrogens is 3. The van der Waals surface area contributed by atoms with Crippen molar-refractivity contribution >= 4 is 34.6 Å². The van der Waals surface area contributed by atoms with Gasteiger partial charge in [-0.2, -0.15) is 0 Å². The second-order valence-electron chi connectivity index (χ2n) is 5.60. The lowest BCUT2D eigenvalue weighted by Crippen LogP contribution is -2.10. The molecule has 7 nitrogen and oxygen atoms in total. The Bertz CT molecular complexity index is 1060. The number of rotatable bonds is 3. The van der Waals surface area contributed by atoms with E-state index < -0.39 is 4.92 Å². The molecular formula is C17H11Cl2N5O2. The Balaban J connectivity index is 2.03. The highest BCUT2D eigenvalue weighted by atomic mass is 35.5. The van der Waals surface area contributed by atoms with Crippen molar-refractivity contribution in [2.24, 2.45) is 4.99 Å². The van der Waals surface area contributed by atoms with Crippen molar-refractivity contribution < 1.29 is 4.92 Å². The van der Waals surface area contributed by atoms with Crippen LogP contribution < -0.4 is 0 Å². The summed E-state index contributed by atoms with van der Waals surface area (Å²) in [5, 5.41) is 20.0. The minimum atomic E-state index is -0.440. The number of benzene rings is 2. The smallest absolute Gasteiger partial charge is 0.270 e. The first-order valence-corrected chi connectivity index (χ1v) is 8.59. The van der Waals surface area contributed by atoms with E-state index in [0.29, 0.717) is 39.2 Å². The number of nitrogens with zero attached hydrogens (tertiary/aromatic N) is 5. The molecule has 0 fully saturated rings. The van der Waals surface area contributed by atoms with Gasteiger partial charge < -0.3 is 0 Å². The number of aliphatic imine (C=N–C) groups is 1. The van der Waals surface area contributed by atoms with Gasteiger partial charge in [0, 0.05) is 28.3 Å². The normalized spacial score (nSPS) is 12.8. The largest absolute Gasteiger partial charge is 0.280 e. The second kappa shape index (κ2) is 6.51. The lowest BCUT2D eigenvalue weighted by molar-refractivity contribution is -0.384. The van der Waals surface area contributed by atoms with Crippen LogP contribution in [0.15, 0.2) is 47.5 Å². The van der Waals surface area contributed by atoms with Crippen molar-refractivity contribution in [3.05, 3.63) is 80.4 Å². The maximum atomic E-state index is 11.3. The van der Waals surface area contributed by atoms with Crippen molar-refractivity contribution in [3.63, 3.8) is 0 Å². The lowest BCUT2D eigenvalue weighted by Gasteiger charge is -2.13. The van der Waals surface area contributed by atoms with E-state index in [-0.39, 0.29) is 18.1 Å². The SMILES string of the molecule is O=[N+]([O-])c1ccc2c(c1)C(c1ccccc1Cl)=NCc1nnc(CCl)n1-2. The van der Waals surface area contributed by atoms with Crippen LogP contribution in [0.2, 0.25) is 5.02 Å². The van der Waals surface area contributed by atoms with Crippen LogP contribution in [-0.2, 0) is 12.4 Å². The van der Waals surface area contributed by atoms with Gasteiger partial charge in [-0.1, -0.05) is 29.8 Å². The third kappa shape index (κ3) is 2.65. The molecule has 0 amide bonds. The number of non-ortho nitro benzene ring substituents is 1. The zero-order valence-electron chi connectivity index (χ0n) is 13.3. The van der Waals surface area contributed by atoms with E-state index in [0.717, 1.165) is 0 Å². The van der Waals surface area contributed by atoms with Gasteiger partial charge in [0.1, 0.15) is 6.54 Å². The maximum absolute atomic E-state index is 11.3. The molecule has 1 aromatic heterocycles. The molecule has 0 atom stereocenters. The first-order chi connectivity index (χ1) is 12.6. The molecule has 0 N–H and O–H groups in total. The van der Waals surface area contributed by atoms with Gasteiger partial charge in [-0.15, -0.1) is 21.8 Å². The van der Waals surface area contributed by atoms with Crippen molar-refractivity contribution in [2.45, 2.75) is 12.4 Å². The molecule has 1 aliphatic rings. The molecule has 0 saturated heterocycles. The summed E-state index contributed by atoms with van der Waals surface area (Å²) < 4.78 is 1.79. The van der Waals surface area contributed by atoms with Gasteiger partial charge in [0.2, 0.25) is 0 Å². The fraction of sp³-hybridized carbons (Fsp3) is 0.118. The number of fused-ring (bicyclic) bond motifs is 3. The number of alkyl halides is 1. The van der Waals surface area contributed by atoms with Crippen LogP contribution in [0.3, 0.4) is 0 Å². The maximum Gasteiger partial charge on any atom is 0.270 e. The van der Waals surface area contributed by atoms with Crippen molar-refractivity contribution in [1.29, 1.82) is 0 Å². The molecule has 2 heterocycles. The van der Waals surface area contributed by atoms with E-state index >= 15 is 0 Å². The summed E-state index contributed by atoms with van der Waals surface area (Å²) in [4.78, 5) is 15.5. The van der Waals surface area contributed by atoms with E-state index in [1.165, 1.54) is 12.1 Å². The summed E-state index contributed by atoms with van der Waals surface area (Å²) in [7, 11) is 0. The van der Waals surface area contributed by atoms with Gasteiger partial charge in [0.15, 0.2) is 11.6 Å². The molecule has 130 valence electrons. The second-order valence-corrected chi connectivity index (χ2v) is 6.28. The summed E-state index contributed by atoms with van der Waals surface area (Å²) in [6.45, 7) is 0.257. The number of hydrogen-bond donors (Lipinski definition) is 0. The molecule has 0 spiro atoms. The standard InChI is InChI=1S/C17H11Cl2N5O2/c18-8-15-21-22-16-9-20-17(11-3-1-2-4-13(11)19)12-7-10(24(25)26)5-6-14(12)23(15)16/h1-7H,8-9H2. The van der Waals surface area contributed by atoms with Gasteiger partial charge in [-0.05, 0) is 12.1 Å². The highest BCUT2D eigenvalue weighted by Crippen LogP contribution is 2.31. The Labute approximate surface area is 158 Å². The molecular weight excluding hydrogens is 377 g/mol. The van der Waals surface area contributed by atoms with E-state index in [1.54, 1.807) is 16.7 Å². The molecule has 4 rings (SSSR count). The molecule has 1 aliphatic heterocycles. The highest BCUT2D eigenvalue weighted by molar-refractivity contribution is 6.35. The molecule has 3 aromatic rings. The quantitative estimate of drug-likeness (QED) is 0.387. The minimum Gasteiger partial charge on any atom is -0.280 e. The number of hydrogen-bond acceptors (Lipinski definition) is 5. The molecule has 26 heavy (non-hydrogen) atoms. The van der Waals surface area contributed by atoms with Crippen molar-refractivity contribution in [1.82, 2.24) is 14.8 Å². The third-order valence-corrected chi connectivity index (χ3v) is 4.68. The Morgan fingerprint density at radius 2 is 1.96 bits per heavy atom. The molecule has 0 unspecified atom stereocenters. The molecule has 0 radical (unpaired) electrons. The summed E-state index contributed by atoms with van der Waals surface area (Å²) >= 11 is 12.3. The fourth-order valence-corrected chi connectivity index (χ4v) is 3.36. The molecule has 0 bridgehead atoms. The average molecular weight is 388 g/mol. The topological polar surface area (TPSA) is 86.2 Å². The Hall–Kier alpha value is -2.77. The van der Waals surface area contributed by atoms with Crippen LogP contribution in [0.5, 0.6) is 0 Å². The van der Waals surface area contributed by atoms with Crippen LogP contribution in [0.4, 0.5) is 5.69 Å². The number of nitro benzene ring substituents is 1. The first-order valence-electron chi connectivity index (χ1n) is 7.68. The molecule has 0 saturated carbocycles. The predicted molar refractivity (Wildman–Crippen MR) is 98.4 cm³/mol. The van der Waals surface area contributed by atoms with Gasteiger partial charge in [0.05, 0.1) is 22.2 Å². The predicted octanol–water partition coefficient (Wildman–Crippen LogP) is 3.92. The average Bonchev–Trinajstić information content (AvgIpc) is 2.98. The zero-order valence-corrected chi connectivity index (χ0v) is 14.8. The van der Waals surface area contributed by atoms with Gasteiger partial charge in [0.25, 0.3) is 5.69 Å². The minimum absolute atomic E-state index is 0.0348. The number of halogens is 2. The van der Waals surface area contributed by atoms with Crippen LogP contribution in [0, 0.1) is 10.1 Å². The van der Waals surface area contributed by atoms with E-state index in [9.17, 15) is 10.1 Å². The van der Waals surface area contributed by atoms with Gasteiger partial charge >= 0.3 is 0 Å². The van der Waals surface area contributed by atoms with Crippen LogP contribution in [-0.4, -0.2) is 25.4 Å². The van der Waals surface area contributed by atoms with Crippen LogP contribution in [0.1, 0.15) is 22.8 Å². The summed E-state index contributed by atoms with van der Waals surface area (Å²) in [5.41, 5.74) is 2.49. The van der Waals surface area contributed by atoms with E-state index in [2.05, 4.69) is 15.2 Å². The zero-order chi connectivity index (χ0) is 18.3. The Morgan fingerprint density at radius 1 is 1.15 bits per heavy atom. The molecule has 9 heteroatoms. The molecule has 2 aromatic carbocycles. The molecule has 0 aliphatic carbocycles. The number of nitro groups is 1.